The topological polar surface area (TPSA) is 64.4 Å². The van der Waals surface area contributed by atoms with Gasteiger partial charge in [0.25, 0.3) is 5.69 Å². The van der Waals surface area contributed by atoms with Crippen molar-refractivity contribution < 1.29 is 14.1 Å². The second-order valence-corrected chi connectivity index (χ2v) is 4.49. The van der Waals surface area contributed by atoms with E-state index in [2.05, 4.69) is 5.32 Å². The zero-order valence-electron chi connectivity index (χ0n) is 11.5. The van der Waals surface area contributed by atoms with Gasteiger partial charge >= 0.3 is 0 Å². The maximum Gasteiger partial charge on any atom is 0.274 e. The van der Waals surface area contributed by atoms with E-state index in [1.165, 1.54) is 12.1 Å². The van der Waals surface area contributed by atoms with Crippen molar-refractivity contribution in [2.75, 3.05) is 7.11 Å². The lowest BCUT2D eigenvalue weighted by Crippen LogP contribution is -2.14. The van der Waals surface area contributed by atoms with Crippen molar-refractivity contribution in [3.8, 4) is 5.75 Å². The van der Waals surface area contributed by atoms with Gasteiger partial charge in [-0.25, -0.2) is 4.39 Å². The van der Waals surface area contributed by atoms with Crippen molar-refractivity contribution in [2.24, 2.45) is 0 Å². The van der Waals surface area contributed by atoms with Crippen LogP contribution in [0.3, 0.4) is 0 Å². The lowest BCUT2D eigenvalue weighted by molar-refractivity contribution is -0.385. The molecule has 0 aliphatic rings. The number of halogens is 1. The smallest absolute Gasteiger partial charge is 0.274 e. The molecule has 0 aromatic heterocycles. The monoisotopic (exact) mass is 290 g/mol. The van der Waals surface area contributed by atoms with Gasteiger partial charge in [-0.3, -0.25) is 10.1 Å². The number of methoxy groups -OCH3 is 1. The summed E-state index contributed by atoms with van der Waals surface area (Å²) in [4.78, 5) is 10.4. The Hall–Kier alpha value is -2.47. The Bertz CT molecular complexity index is 647. The molecule has 6 heteroatoms. The minimum atomic E-state index is -0.512. The van der Waals surface area contributed by atoms with Crippen LogP contribution >= 0.6 is 0 Å². The van der Waals surface area contributed by atoms with Crippen molar-refractivity contribution in [2.45, 2.75) is 13.1 Å². The van der Waals surface area contributed by atoms with Crippen molar-refractivity contribution in [1.82, 2.24) is 5.32 Å². The van der Waals surface area contributed by atoms with E-state index >= 15 is 0 Å². The first-order valence-corrected chi connectivity index (χ1v) is 6.36. The maximum atomic E-state index is 13.2. The van der Waals surface area contributed by atoms with Crippen LogP contribution in [-0.4, -0.2) is 12.0 Å². The molecule has 0 heterocycles. The summed E-state index contributed by atoms with van der Waals surface area (Å²) in [5, 5.41) is 14.0. The molecule has 0 aliphatic heterocycles. The lowest BCUT2D eigenvalue weighted by atomic mass is 10.1. The predicted octanol–water partition coefficient (Wildman–Crippen LogP) is 3.03. The fraction of sp³-hybridized carbons (Fsp3) is 0.200. The molecule has 2 aromatic carbocycles. The number of hydrogen-bond donors (Lipinski definition) is 1. The minimum absolute atomic E-state index is 0.0884. The highest BCUT2D eigenvalue weighted by molar-refractivity contribution is 5.40. The highest BCUT2D eigenvalue weighted by Gasteiger charge is 2.13. The molecule has 0 bridgehead atoms. The zero-order chi connectivity index (χ0) is 15.2. The summed E-state index contributed by atoms with van der Waals surface area (Å²) in [5.74, 6) is 0.254. The van der Waals surface area contributed by atoms with Crippen molar-refractivity contribution in [3.63, 3.8) is 0 Å². The van der Waals surface area contributed by atoms with E-state index in [0.717, 1.165) is 17.4 Å². The Morgan fingerprint density at radius 3 is 2.76 bits per heavy atom. The van der Waals surface area contributed by atoms with Gasteiger partial charge in [0.15, 0.2) is 0 Å². The number of hydrogen-bond acceptors (Lipinski definition) is 4. The molecule has 0 atom stereocenters. The number of ether oxygens (including phenoxy) is 1. The largest absolute Gasteiger partial charge is 0.497 e. The van der Waals surface area contributed by atoms with Gasteiger partial charge in [-0.15, -0.1) is 0 Å². The number of nitro benzene ring substituents is 1. The number of nitro groups is 1. The molecule has 110 valence electrons. The van der Waals surface area contributed by atoms with Crippen LogP contribution in [0.4, 0.5) is 10.1 Å². The Kier molecular flexibility index (Phi) is 4.84. The Morgan fingerprint density at radius 1 is 1.24 bits per heavy atom. The summed E-state index contributed by atoms with van der Waals surface area (Å²) in [7, 11) is 1.59. The lowest BCUT2D eigenvalue weighted by Gasteiger charge is -2.07. The Balaban J connectivity index is 2.03. The Labute approximate surface area is 121 Å². The minimum Gasteiger partial charge on any atom is -0.497 e. The third kappa shape index (κ3) is 4.00. The number of nitrogens with zero attached hydrogens (tertiary/aromatic N) is 1. The molecule has 0 unspecified atom stereocenters. The van der Waals surface area contributed by atoms with Gasteiger partial charge < -0.3 is 10.1 Å². The van der Waals surface area contributed by atoms with E-state index in [9.17, 15) is 14.5 Å². The third-order valence-corrected chi connectivity index (χ3v) is 3.02. The molecule has 5 nitrogen and oxygen atoms in total. The SMILES string of the molecule is COc1cccc(CNCc2cc(F)ccc2[N+](=O)[O-])c1. The second kappa shape index (κ2) is 6.81. The van der Waals surface area contributed by atoms with Crippen LogP contribution < -0.4 is 10.1 Å². The molecule has 2 rings (SSSR count). The molecule has 0 radical (unpaired) electrons. The standard InChI is InChI=1S/C15H15FN2O3/c1-21-14-4-2-3-11(7-14)9-17-10-12-8-13(16)5-6-15(12)18(19)20/h2-8,17H,9-10H2,1H3. The van der Waals surface area contributed by atoms with Crippen molar-refractivity contribution >= 4 is 5.69 Å². The van der Waals surface area contributed by atoms with Gasteiger partial charge in [0.2, 0.25) is 0 Å². The van der Waals surface area contributed by atoms with Crippen LogP contribution in [0, 0.1) is 15.9 Å². The van der Waals surface area contributed by atoms with Crippen molar-refractivity contribution in [3.05, 3.63) is 69.5 Å². The molecular formula is C15H15FN2O3. The van der Waals surface area contributed by atoms with Gasteiger partial charge in [0.05, 0.1) is 12.0 Å². The second-order valence-electron chi connectivity index (χ2n) is 4.49. The average Bonchev–Trinajstić information content (AvgIpc) is 2.47. The highest BCUT2D eigenvalue weighted by atomic mass is 19.1. The van der Waals surface area contributed by atoms with E-state index in [0.29, 0.717) is 12.1 Å². The van der Waals surface area contributed by atoms with Crippen LogP contribution in [0.1, 0.15) is 11.1 Å². The van der Waals surface area contributed by atoms with Crippen LogP contribution in [0.15, 0.2) is 42.5 Å². The molecular weight excluding hydrogens is 275 g/mol. The van der Waals surface area contributed by atoms with Crippen LogP contribution in [0.5, 0.6) is 5.75 Å². The van der Waals surface area contributed by atoms with Gasteiger partial charge in [-0.2, -0.15) is 0 Å². The fourth-order valence-electron chi connectivity index (χ4n) is 2.00. The normalized spacial score (nSPS) is 10.4. The fourth-order valence-corrected chi connectivity index (χ4v) is 2.00. The number of nitrogens with one attached hydrogen (secondary N) is 1. The summed E-state index contributed by atoms with van der Waals surface area (Å²) in [5.41, 5.74) is 1.21. The summed E-state index contributed by atoms with van der Waals surface area (Å²) >= 11 is 0. The van der Waals surface area contributed by atoms with Gasteiger partial charge in [0, 0.05) is 24.7 Å². The summed E-state index contributed by atoms with van der Waals surface area (Å²) in [6, 6.07) is 10.9. The van der Waals surface area contributed by atoms with Crippen LogP contribution in [0.25, 0.3) is 0 Å². The predicted molar refractivity (Wildman–Crippen MR) is 76.6 cm³/mol. The molecule has 0 amide bonds. The highest BCUT2D eigenvalue weighted by Crippen LogP contribution is 2.19. The first-order valence-electron chi connectivity index (χ1n) is 6.36. The molecule has 1 N–H and O–H groups in total. The maximum absolute atomic E-state index is 13.2. The van der Waals surface area contributed by atoms with Crippen LogP contribution in [-0.2, 0) is 13.1 Å². The van der Waals surface area contributed by atoms with Gasteiger partial charge in [-0.1, -0.05) is 12.1 Å². The molecule has 0 saturated carbocycles. The first kappa shape index (κ1) is 14.9. The quantitative estimate of drug-likeness (QED) is 0.656. The van der Waals surface area contributed by atoms with E-state index in [1.54, 1.807) is 7.11 Å². The summed E-state index contributed by atoms with van der Waals surface area (Å²) in [6.45, 7) is 0.718. The van der Waals surface area contributed by atoms with Gasteiger partial charge in [-0.05, 0) is 29.8 Å². The average molecular weight is 290 g/mol. The number of rotatable bonds is 6. The summed E-state index contributed by atoms with van der Waals surface area (Å²) < 4.78 is 18.3. The Morgan fingerprint density at radius 2 is 2.05 bits per heavy atom. The van der Waals surface area contributed by atoms with E-state index < -0.39 is 10.7 Å². The zero-order valence-corrected chi connectivity index (χ0v) is 11.5. The van der Waals surface area contributed by atoms with Gasteiger partial charge in [0.1, 0.15) is 11.6 Å². The molecule has 0 fully saturated rings. The van der Waals surface area contributed by atoms with Crippen molar-refractivity contribution in [1.29, 1.82) is 0 Å². The summed E-state index contributed by atoms with van der Waals surface area (Å²) in [6.07, 6.45) is 0. The molecule has 0 saturated heterocycles. The molecule has 0 spiro atoms. The van der Waals surface area contributed by atoms with Crippen LogP contribution in [0.2, 0.25) is 0 Å². The van der Waals surface area contributed by atoms with E-state index in [4.69, 9.17) is 4.74 Å². The number of benzene rings is 2. The van der Waals surface area contributed by atoms with E-state index in [-0.39, 0.29) is 12.2 Å². The first-order chi connectivity index (χ1) is 10.1. The third-order valence-electron chi connectivity index (χ3n) is 3.02. The molecule has 21 heavy (non-hydrogen) atoms. The van der Waals surface area contributed by atoms with E-state index in [1.807, 2.05) is 24.3 Å². The molecule has 2 aromatic rings. The molecule has 0 aliphatic carbocycles.